The average molecular weight is 183 g/mol. The highest BCUT2D eigenvalue weighted by molar-refractivity contribution is 5.67. The summed E-state index contributed by atoms with van der Waals surface area (Å²) in [5.41, 5.74) is -2.27. The van der Waals surface area contributed by atoms with Gasteiger partial charge in [0.1, 0.15) is 0 Å². The highest BCUT2D eigenvalue weighted by atomic mass is 15.1. The van der Waals surface area contributed by atoms with Crippen molar-refractivity contribution in [1.29, 1.82) is 0 Å². The number of hydrogen-bond donors (Lipinski definition) is 1. The lowest BCUT2D eigenvalue weighted by molar-refractivity contribution is 1.02. The lowest BCUT2D eigenvalue weighted by atomic mass is 10.0. The topological polar surface area (TPSA) is 28.7 Å². The lowest BCUT2D eigenvalue weighted by Gasteiger charge is -1.99. The molecule has 0 bridgehead atoms. The van der Waals surface area contributed by atoms with Gasteiger partial charge in [0.15, 0.2) is 0 Å². The first-order chi connectivity index (χ1) is 10.8. The molecule has 0 saturated heterocycles. The summed E-state index contributed by atoms with van der Waals surface area (Å²) >= 11 is 0. The third kappa shape index (κ3) is 1.35. The Morgan fingerprint density at radius 3 is 2.85 bits per heavy atom. The molecule has 2 heteroatoms. The number of nitrogens with zero attached hydrogens (tertiary/aromatic N) is 1. The summed E-state index contributed by atoms with van der Waals surface area (Å²) in [4.78, 5) is 0. The van der Waals surface area contributed by atoms with Crippen LogP contribution < -0.4 is 0 Å². The van der Waals surface area contributed by atoms with Gasteiger partial charge in [0, 0.05) is 19.5 Å². The second-order valence-corrected chi connectivity index (χ2v) is 2.32. The third-order valence-electron chi connectivity index (χ3n) is 1.52. The first kappa shape index (κ1) is 2.27. The van der Waals surface area contributed by atoms with Crippen LogP contribution in [-0.4, -0.2) is 10.2 Å². The minimum absolute atomic E-state index is 0.507. The molecule has 0 fully saturated rings. The van der Waals surface area contributed by atoms with Gasteiger partial charge < -0.3 is 0 Å². The average Bonchev–Trinajstić information content (AvgIpc) is 2.88. The molecule has 66 valence electrons. The second-order valence-electron chi connectivity index (χ2n) is 2.32. The van der Waals surface area contributed by atoms with E-state index in [0.29, 0.717) is 0 Å². The van der Waals surface area contributed by atoms with Crippen LogP contribution in [0.15, 0.2) is 30.2 Å². The van der Waals surface area contributed by atoms with E-state index < -0.39 is 66.4 Å². The highest BCUT2D eigenvalue weighted by Gasteiger charge is 2.06. The van der Waals surface area contributed by atoms with Crippen LogP contribution in [0.1, 0.15) is 26.5 Å². The Morgan fingerprint density at radius 1 is 1.31 bits per heavy atom. The zero-order valence-corrected chi connectivity index (χ0v) is 6.45. The molecule has 0 aliphatic carbocycles. The molecule has 0 radical (unpaired) electrons. The maximum atomic E-state index is 7.93. The zero-order valence-electron chi connectivity index (χ0n) is 17.4. The van der Waals surface area contributed by atoms with Gasteiger partial charge in [0.25, 0.3) is 0 Å². The summed E-state index contributed by atoms with van der Waals surface area (Å²) in [6.07, 6.45) is 0. The summed E-state index contributed by atoms with van der Waals surface area (Å²) in [7, 11) is 0. The quantitative estimate of drug-likeness (QED) is 0.723. The lowest BCUT2D eigenvalue weighted by Crippen LogP contribution is -1.80. The summed E-state index contributed by atoms with van der Waals surface area (Å²) in [6, 6.07) is -3.44. The first-order valence-electron chi connectivity index (χ1n) is 8.95. The minimum Gasteiger partial charge on any atom is -0.282 e. The van der Waals surface area contributed by atoms with E-state index in [2.05, 4.69) is 10.2 Å². The molecule has 2 aromatic rings. The molecule has 0 unspecified atom stereocenters. The van der Waals surface area contributed by atoms with Crippen molar-refractivity contribution in [2.45, 2.75) is 13.7 Å². The Kier molecular flexibility index (Phi) is 0.532. The van der Waals surface area contributed by atoms with E-state index in [0.717, 1.165) is 0 Å². The van der Waals surface area contributed by atoms with Crippen LogP contribution in [0.4, 0.5) is 0 Å². The van der Waals surface area contributed by atoms with Gasteiger partial charge >= 0.3 is 0 Å². The van der Waals surface area contributed by atoms with Crippen molar-refractivity contribution >= 4 is 0 Å². The highest BCUT2D eigenvalue weighted by Crippen LogP contribution is 2.24. The Morgan fingerprint density at radius 2 is 2.15 bits per heavy atom. The van der Waals surface area contributed by atoms with Crippen LogP contribution in [-0.2, 0) is 0 Å². The van der Waals surface area contributed by atoms with Crippen LogP contribution in [0.3, 0.4) is 0 Å². The monoisotopic (exact) mass is 183 g/mol. The van der Waals surface area contributed by atoms with Gasteiger partial charge in [-0.2, -0.15) is 5.10 Å². The predicted molar refractivity (Wildman–Crippen MR) is 53.5 cm³/mol. The fraction of sp³-hybridized carbons (Fsp3) is 0.182. The molecule has 2 nitrogen and oxygen atoms in total. The molecule has 0 amide bonds. The summed E-state index contributed by atoms with van der Waals surface area (Å²) in [5, 5.41) is 5.63. The van der Waals surface area contributed by atoms with E-state index in [1.807, 2.05) is 0 Å². The van der Waals surface area contributed by atoms with Gasteiger partial charge in [-0.05, 0) is 19.3 Å². The second kappa shape index (κ2) is 3.05. The molecule has 13 heavy (non-hydrogen) atoms. The number of aromatic nitrogens is 2. The third-order valence-corrected chi connectivity index (χ3v) is 1.52. The van der Waals surface area contributed by atoms with E-state index in [1.165, 1.54) is 0 Å². The minimum atomic E-state index is -2.84. The van der Waals surface area contributed by atoms with Gasteiger partial charge in [-0.15, -0.1) is 0 Å². The number of benzene rings is 1. The largest absolute Gasteiger partial charge is 0.282 e. The van der Waals surface area contributed by atoms with Crippen LogP contribution in [0.2, 0.25) is 0 Å². The normalized spacial score (nSPS) is 24.5. The molecule has 1 aromatic carbocycles. The van der Waals surface area contributed by atoms with Crippen molar-refractivity contribution < 1.29 is 15.1 Å². The van der Waals surface area contributed by atoms with E-state index in [-0.39, 0.29) is 0 Å². The standard InChI is InChI=1S/C11H12N2/c1-8-11(9(2)13-12-8)10-6-4-3-5-7-10/h3-7H,1-2H3,(H,12,13)/i1D3,2D3,3D,4D,5D,6D,7D. The molecule has 2 rings (SSSR count). The van der Waals surface area contributed by atoms with Crippen LogP contribution in [0.5, 0.6) is 0 Å². The summed E-state index contributed by atoms with van der Waals surface area (Å²) in [5.74, 6) is 0. The molecule has 0 spiro atoms. The van der Waals surface area contributed by atoms with Gasteiger partial charge in [-0.1, -0.05) is 30.2 Å². The van der Waals surface area contributed by atoms with E-state index in [9.17, 15) is 0 Å². The molecule has 0 aliphatic heterocycles. The van der Waals surface area contributed by atoms with Gasteiger partial charge in [0.2, 0.25) is 0 Å². The van der Waals surface area contributed by atoms with Crippen molar-refractivity contribution in [3.63, 3.8) is 0 Å². The number of aromatic amines is 1. The molecule has 1 N–H and O–H groups in total. The number of hydrogen-bond acceptors (Lipinski definition) is 1. The summed E-state index contributed by atoms with van der Waals surface area (Å²) < 4.78 is 83.7. The molecule has 0 saturated carbocycles. The van der Waals surface area contributed by atoms with Gasteiger partial charge in [-0.25, -0.2) is 0 Å². The molecular weight excluding hydrogens is 160 g/mol. The van der Waals surface area contributed by atoms with Crippen molar-refractivity contribution in [2.75, 3.05) is 0 Å². The molecule has 0 aliphatic rings. The van der Waals surface area contributed by atoms with Crippen LogP contribution in [0, 0.1) is 13.7 Å². The van der Waals surface area contributed by atoms with Crippen molar-refractivity contribution in [1.82, 2.24) is 10.2 Å². The SMILES string of the molecule is [2H]c1c([2H])c([2H])c(-c2c(C([2H])([2H])[2H])n[nH]c2C([2H])([2H])[2H])c([2H])c1[2H]. The predicted octanol–water partition coefficient (Wildman–Crippen LogP) is 2.69. The van der Waals surface area contributed by atoms with Crippen molar-refractivity contribution in [3.8, 4) is 11.1 Å². The number of nitrogens with one attached hydrogen (secondary N) is 1. The Hall–Kier alpha value is -1.57. The maximum absolute atomic E-state index is 7.93. The molecular formula is C11H12N2. The first-order valence-corrected chi connectivity index (χ1v) is 3.45. The molecule has 0 atom stereocenters. The number of rotatable bonds is 1. The fourth-order valence-corrected chi connectivity index (χ4v) is 0.960. The van der Waals surface area contributed by atoms with E-state index in [1.54, 1.807) is 0 Å². The van der Waals surface area contributed by atoms with Crippen molar-refractivity contribution in [2.24, 2.45) is 0 Å². The van der Waals surface area contributed by atoms with Crippen LogP contribution in [0.25, 0.3) is 11.1 Å². The molecule has 1 heterocycles. The van der Waals surface area contributed by atoms with E-state index in [4.69, 9.17) is 15.1 Å². The maximum Gasteiger partial charge on any atom is 0.0672 e. The van der Waals surface area contributed by atoms with Crippen LogP contribution >= 0.6 is 0 Å². The van der Waals surface area contributed by atoms with Gasteiger partial charge in [0.05, 0.1) is 12.5 Å². The number of aryl methyl sites for hydroxylation is 2. The number of H-pyrrole nitrogens is 1. The van der Waals surface area contributed by atoms with E-state index >= 15 is 0 Å². The van der Waals surface area contributed by atoms with Crippen molar-refractivity contribution in [3.05, 3.63) is 41.6 Å². The molecule has 1 aromatic heterocycles. The zero-order chi connectivity index (χ0) is 18.6. The fourth-order valence-electron chi connectivity index (χ4n) is 0.960. The Bertz CT molecular complexity index is 739. The van der Waals surface area contributed by atoms with Gasteiger partial charge in [-0.3, -0.25) is 5.10 Å². The Labute approximate surface area is 93.1 Å². The summed E-state index contributed by atoms with van der Waals surface area (Å²) in [6.45, 7) is -5.65. The smallest absolute Gasteiger partial charge is 0.0672 e. The Balaban J connectivity index is 3.00.